The Bertz CT molecular complexity index is 301. The number of aromatic nitrogens is 1. The van der Waals surface area contributed by atoms with Crippen molar-refractivity contribution in [1.29, 1.82) is 0 Å². The maximum Gasteiger partial charge on any atom is 0.0450 e. The zero-order chi connectivity index (χ0) is 9.38. The third kappa shape index (κ3) is 1.34. The summed E-state index contributed by atoms with van der Waals surface area (Å²) in [6, 6.07) is 6.96. The molecule has 3 atom stereocenters. The van der Waals surface area contributed by atoms with Crippen molar-refractivity contribution in [1.82, 2.24) is 10.3 Å². The van der Waals surface area contributed by atoms with Gasteiger partial charge >= 0.3 is 0 Å². The first-order chi connectivity index (χ1) is 6.93. The van der Waals surface area contributed by atoms with E-state index in [2.05, 4.69) is 22.4 Å². The maximum absolute atomic E-state index is 4.48. The predicted molar refractivity (Wildman–Crippen MR) is 56.1 cm³/mol. The fourth-order valence-corrected chi connectivity index (χ4v) is 2.93. The lowest BCUT2D eigenvalue weighted by Gasteiger charge is -2.42. The molecule has 3 unspecified atom stereocenters. The van der Waals surface area contributed by atoms with Gasteiger partial charge in [-0.3, -0.25) is 4.98 Å². The SMILES string of the molecule is c1ccc(C2CC3CCC2NC3)nc1. The topological polar surface area (TPSA) is 24.9 Å². The Kier molecular flexibility index (Phi) is 2.02. The van der Waals surface area contributed by atoms with Crippen molar-refractivity contribution >= 4 is 0 Å². The highest BCUT2D eigenvalue weighted by atomic mass is 15.0. The Morgan fingerprint density at radius 2 is 2.29 bits per heavy atom. The van der Waals surface area contributed by atoms with Gasteiger partial charge < -0.3 is 5.32 Å². The number of nitrogens with one attached hydrogen (secondary N) is 1. The molecule has 3 fully saturated rings. The third-order valence-electron chi connectivity index (χ3n) is 3.70. The summed E-state index contributed by atoms with van der Waals surface area (Å²) in [6.07, 6.45) is 6.01. The van der Waals surface area contributed by atoms with Crippen molar-refractivity contribution in [2.75, 3.05) is 6.54 Å². The van der Waals surface area contributed by atoms with E-state index in [1.807, 2.05) is 12.3 Å². The molecule has 3 aliphatic rings. The van der Waals surface area contributed by atoms with Crippen molar-refractivity contribution in [3.8, 4) is 0 Å². The summed E-state index contributed by atoms with van der Waals surface area (Å²) in [5.74, 6) is 1.57. The lowest BCUT2D eigenvalue weighted by Crippen LogP contribution is -2.49. The molecule has 1 aromatic heterocycles. The quantitative estimate of drug-likeness (QED) is 0.728. The third-order valence-corrected chi connectivity index (χ3v) is 3.70. The van der Waals surface area contributed by atoms with E-state index in [0.717, 1.165) is 5.92 Å². The van der Waals surface area contributed by atoms with Crippen LogP contribution >= 0.6 is 0 Å². The molecule has 4 rings (SSSR count). The molecule has 0 aromatic carbocycles. The Morgan fingerprint density at radius 3 is 2.86 bits per heavy atom. The molecule has 1 aromatic rings. The van der Waals surface area contributed by atoms with Crippen LogP contribution in [0.1, 0.15) is 30.9 Å². The molecule has 2 heteroatoms. The van der Waals surface area contributed by atoms with Crippen molar-refractivity contribution in [3.63, 3.8) is 0 Å². The Balaban J connectivity index is 1.86. The summed E-state index contributed by atoms with van der Waals surface area (Å²) in [5, 5.41) is 3.63. The first kappa shape index (κ1) is 8.42. The van der Waals surface area contributed by atoms with E-state index < -0.39 is 0 Å². The molecule has 1 saturated carbocycles. The van der Waals surface area contributed by atoms with Crippen LogP contribution in [0.3, 0.4) is 0 Å². The van der Waals surface area contributed by atoms with E-state index in [1.54, 1.807) is 0 Å². The summed E-state index contributed by atoms with van der Waals surface area (Å²) in [5.41, 5.74) is 1.29. The van der Waals surface area contributed by atoms with Gasteiger partial charge in [0.05, 0.1) is 0 Å². The molecule has 14 heavy (non-hydrogen) atoms. The van der Waals surface area contributed by atoms with Crippen LogP contribution in [-0.2, 0) is 0 Å². The molecule has 74 valence electrons. The number of rotatable bonds is 1. The van der Waals surface area contributed by atoms with Crippen molar-refractivity contribution in [2.24, 2.45) is 5.92 Å². The van der Waals surface area contributed by atoms with Gasteiger partial charge in [-0.1, -0.05) is 6.07 Å². The van der Waals surface area contributed by atoms with Gasteiger partial charge in [0.2, 0.25) is 0 Å². The van der Waals surface area contributed by atoms with Crippen LogP contribution in [-0.4, -0.2) is 17.6 Å². The minimum absolute atomic E-state index is 0.670. The van der Waals surface area contributed by atoms with Gasteiger partial charge in [0.25, 0.3) is 0 Å². The monoisotopic (exact) mass is 188 g/mol. The van der Waals surface area contributed by atoms with Crippen LogP contribution in [0.25, 0.3) is 0 Å². The number of nitrogens with zero attached hydrogens (tertiary/aromatic N) is 1. The molecule has 3 heterocycles. The van der Waals surface area contributed by atoms with E-state index in [9.17, 15) is 0 Å². The second kappa shape index (κ2) is 3.35. The summed E-state index contributed by atoms with van der Waals surface area (Å²) < 4.78 is 0. The molecular formula is C12H16N2. The van der Waals surface area contributed by atoms with E-state index in [0.29, 0.717) is 12.0 Å². The maximum atomic E-state index is 4.48. The van der Waals surface area contributed by atoms with Gasteiger partial charge in [-0.15, -0.1) is 0 Å². The fraction of sp³-hybridized carbons (Fsp3) is 0.583. The molecule has 2 bridgehead atoms. The second-order valence-corrected chi connectivity index (χ2v) is 4.55. The summed E-state index contributed by atoms with van der Waals surface area (Å²) in [6.45, 7) is 1.23. The van der Waals surface area contributed by atoms with E-state index in [1.165, 1.54) is 31.5 Å². The van der Waals surface area contributed by atoms with Crippen LogP contribution in [0.5, 0.6) is 0 Å². The predicted octanol–water partition coefficient (Wildman–Crippen LogP) is 1.94. The molecule has 1 N–H and O–H groups in total. The highest BCUT2D eigenvalue weighted by Crippen LogP contribution is 2.38. The average molecular weight is 188 g/mol. The van der Waals surface area contributed by atoms with E-state index in [-0.39, 0.29) is 0 Å². The Hall–Kier alpha value is -0.890. The van der Waals surface area contributed by atoms with E-state index in [4.69, 9.17) is 0 Å². The van der Waals surface area contributed by atoms with Crippen LogP contribution in [0.15, 0.2) is 24.4 Å². The molecule has 2 nitrogen and oxygen atoms in total. The van der Waals surface area contributed by atoms with Crippen molar-refractivity contribution in [3.05, 3.63) is 30.1 Å². The summed E-state index contributed by atoms with van der Waals surface area (Å²) >= 11 is 0. The van der Waals surface area contributed by atoms with Gasteiger partial charge in [-0.05, 0) is 43.9 Å². The van der Waals surface area contributed by atoms with Crippen LogP contribution in [0.4, 0.5) is 0 Å². The second-order valence-electron chi connectivity index (χ2n) is 4.55. The molecule has 0 amide bonds. The lowest BCUT2D eigenvalue weighted by molar-refractivity contribution is 0.180. The van der Waals surface area contributed by atoms with Crippen molar-refractivity contribution < 1.29 is 0 Å². The Morgan fingerprint density at radius 1 is 1.29 bits per heavy atom. The number of hydrogen-bond donors (Lipinski definition) is 1. The lowest BCUT2D eigenvalue weighted by atomic mass is 9.73. The minimum atomic E-state index is 0.670. The van der Waals surface area contributed by atoms with Gasteiger partial charge in [0.1, 0.15) is 0 Å². The van der Waals surface area contributed by atoms with Crippen LogP contribution in [0, 0.1) is 5.92 Å². The molecule has 2 aliphatic heterocycles. The van der Waals surface area contributed by atoms with Crippen LogP contribution < -0.4 is 5.32 Å². The zero-order valence-electron chi connectivity index (χ0n) is 8.32. The smallest absolute Gasteiger partial charge is 0.0450 e. The van der Waals surface area contributed by atoms with Crippen LogP contribution in [0.2, 0.25) is 0 Å². The zero-order valence-corrected chi connectivity index (χ0v) is 8.32. The highest BCUT2D eigenvalue weighted by molar-refractivity contribution is 5.15. The summed E-state index contributed by atoms with van der Waals surface area (Å²) in [7, 11) is 0. The molecule has 0 radical (unpaired) electrons. The Labute approximate surface area is 84.7 Å². The standard InChI is InChI=1S/C12H16N2/c1-2-6-13-11(3-1)10-7-9-4-5-12(10)14-8-9/h1-3,6,9-10,12,14H,4-5,7-8H2. The largest absolute Gasteiger partial charge is 0.313 e. The number of fused-ring (bicyclic) bond motifs is 3. The number of hydrogen-bond acceptors (Lipinski definition) is 2. The fourth-order valence-electron chi connectivity index (χ4n) is 2.93. The van der Waals surface area contributed by atoms with Gasteiger partial charge in [0.15, 0.2) is 0 Å². The van der Waals surface area contributed by atoms with Gasteiger partial charge in [-0.25, -0.2) is 0 Å². The van der Waals surface area contributed by atoms with Gasteiger partial charge in [0, 0.05) is 23.9 Å². The minimum Gasteiger partial charge on any atom is -0.313 e. The molecule has 1 aliphatic carbocycles. The summed E-state index contributed by atoms with van der Waals surface area (Å²) in [4.78, 5) is 4.48. The molecule has 2 saturated heterocycles. The van der Waals surface area contributed by atoms with Crippen molar-refractivity contribution in [2.45, 2.75) is 31.2 Å². The van der Waals surface area contributed by atoms with E-state index >= 15 is 0 Å². The highest BCUT2D eigenvalue weighted by Gasteiger charge is 2.36. The normalized spacial score (nSPS) is 35.9. The van der Waals surface area contributed by atoms with Gasteiger partial charge in [-0.2, -0.15) is 0 Å². The molecular weight excluding hydrogens is 172 g/mol. The average Bonchev–Trinajstić information content (AvgIpc) is 2.32. The first-order valence-electron chi connectivity index (χ1n) is 5.58. The first-order valence-corrected chi connectivity index (χ1v) is 5.58. The number of pyridine rings is 1. The number of piperidine rings is 2. The molecule has 0 spiro atoms.